The van der Waals surface area contributed by atoms with Crippen molar-refractivity contribution in [3.8, 4) is 6.07 Å². The number of nitriles is 1. The third-order valence-electron chi connectivity index (χ3n) is 3.48. The molecule has 1 aromatic rings. The van der Waals surface area contributed by atoms with Crippen molar-refractivity contribution in [3.63, 3.8) is 0 Å². The molecule has 0 amide bonds. The fourth-order valence-corrected chi connectivity index (χ4v) is 2.37. The molecule has 0 radical (unpaired) electrons. The third kappa shape index (κ3) is 4.34. The van der Waals surface area contributed by atoms with Crippen molar-refractivity contribution in [1.82, 2.24) is 0 Å². The summed E-state index contributed by atoms with van der Waals surface area (Å²) in [4.78, 5) is 0. The number of nitrogens with zero attached hydrogens (tertiary/aromatic N) is 1. The van der Waals surface area contributed by atoms with Gasteiger partial charge in [-0.3, -0.25) is 0 Å². The summed E-state index contributed by atoms with van der Waals surface area (Å²) in [6.45, 7) is 2.81. The Bertz CT molecular complexity index is 407. The van der Waals surface area contributed by atoms with E-state index in [-0.39, 0.29) is 12.2 Å². The van der Waals surface area contributed by atoms with E-state index in [0.29, 0.717) is 0 Å². The second-order valence-corrected chi connectivity index (χ2v) is 5.15. The summed E-state index contributed by atoms with van der Waals surface area (Å²) in [5.41, 5.74) is 1.24. The molecular formula is C16H21NO2. The molecule has 0 spiro atoms. The predicted molar refractivity (Wildman–Crippen MR) is 73.4 cm³/mol. The van der Waals surface area contributed by atoms with Crippen molar-refractivity contribution in [2.45, 2.75) is 45.0 Å². The van der Waals surface area contributed by atoms with Crippen molar-refractivity contribution < 1.29 is 9.47 Å². The van der Waals surface area contributed by atoms with Crippen molar-refractivity contribution in [3.05, 3.63) is 35.9 Å². The minimum absolute atomic E-state index is 0.165. The standard InChI is InChI=1S/C16H21NO2/c1-13(11-14-7-3-2-4-8-14)15(12-17)19-16-9-5-6-10-18-16/h2-4,7-8,13,15-16H,5-6,9-11H2,1H3. The summed E-state index contributed by atoms with van der Waals surface area (Å²) in [5.74, 6) is 0.165. The summed E-state index contributed by atoms with van der Waals surface area (Å²) in [5, 5.41) is 9.27. The summed E-state index contributed by atoms with van der Waals surface area (Å²) < 4.78 is 11.3. The van der Waals surface area contributed by atoms with Gasteiger partial charge in [0, 0.05) is 6.61 Å². The van der Waals surface area contributed by atoms with E-state index < -0.39 is 6.10 Å². The molecule has 1 fully saturated rings. The lowest BCUT2D eigenvalue weighted by atomic mass is 9.96. The Kier molecular flexibility index (Phi) is 5.38. The van der Waals surface area contributed by atoms with E-state index in [9.17, 15) is 5.26 Å². The minimum atomic E-state index is -0.400. The minimum Gasteiger partial charge on any atom is -0.353 e. The van der Waals surface area contributed by atoms with Crippen LogP contribution >= 0.6 is 0 Å². The van der Waals surface area contributed by atoms with Crippen LogP contribution in [0.25, 0.3) is 0 Å². The Hall–Kier alpha value is -1.37. The van der Waals surface area contributed by atoms with Crippen molar-refractivity contribution in [2.75, 3.05) is 6.61 Å². The third-order valence-corrected chi connectivity index (χ3v) is 3.48. The number of rotatable bonds is 5. The second-order valence-electron chi connectivity index (χ2n) is 5.15. The van der Waals surface area contributed by atoms with Crippen LogP contribution in [0.5, 0.6) is 0 Å². The molecule has 3 unspecified atom stereocenters. The van der Waals surface area contributed by atoms with E-state index in [4.69, 9.17) is 9.47 Å². The molecule has 19 heavy (non-hydrogen) atoms. The Balaban J connectivity index is 1.88. The molecule has 1 aromatic carbocycles. The van der Waals surface area contributed by atoms with Crippen molar-refractivity contribution in [2.24, 2.45) is 5.92 Å². The highest BCUT2D eigenvalue weighted by atomic mass is 16.7. The zero-order valence-electron chi connectivity index (χ0n) is 11.4. The predicted octanol–water partition coefficient (Wildman–Crippen LogP) is 3.30. The fraction of sp³-hybridized carbons (Fsp3) is 0.562. The number of hydrogen-bond donors (Lipinski definition) is 0. The van der Waals surface area contributed by atoms with Gasteiger partial charge in [0.05, 0.1) is 6.07 Å². The fourth-order valence-electron chi connectivity index (χ4n) is 2.37. The molecule has 3 atom stereocenters. The Morgan fingerprint density at radius 2 is 2.16 bits per heavy atom. The van der Waals surface area contributed by atoms with E-state index in [1.165, 1.54) is 5.56 Å². The molecule has 1 aliphatic heterocycles. The molecular weight excluding hydrogens is 238 g/mol. The first-order valence-electron chi connectivity index (χ1n) is 7.00. The first kappa shape index (κ1) is 14.0. The van der Waals surface area contributed by atoms with E-state index in [1.54, 1.807) is 0 Å². The highest BCUT2D eigenvalue weighted by Crippen LogP contribution is 2.20. The molecule has 0 N–H and O–H groups in total. The largest absolute Gasteiger partial charge is 0.353 e. The average Bonchev–Trinajstić information content (AvgIpc) is 2.47. The lowest BCUT2D eigenvalue weighted by Crippen LogP contribution is -2.31. The van der Waals surface area contributed by atoms with E-state index >= 15 is 0 Å². The topological polar surface area (TPSA) is 42.2 Å². The molecule has 2 rings (SSSR count). The lowest BCUT2D eigenvalue weighted by Gasteiger charge is -2.27. The van der Waals surface area contributed by atoms with Crippen LogP contribution in [0.15, 0.2) is 30.3 Å². The smallest absolute Gasteiger partial charge is 0.159 e. The van der Waals surface area contributed by atoms with Crippen LogP contribution in [0.3, 0.4) is 0 Å². The second kappa shape index (κ2) is 7.28. The first-order chi connectivity index (χ1) is 9.29. The molecule has 0 bridgehead atoms. The lowest BCUT2D eigenvalue weighted by molar-refractivity contribution is -0.184. The van der Waals surface area contributed by atoms with Gasteiger partial charge >= 0.3 is 0 Å². The summed E-state index contributed by atoms with van der Waals surface area (Å²) >= 11 is 0. The number of benzene rings is 1. The van der Waals surface area contributed by atoms with Crippen molar-refractivity contribution in [1.29, 1.82) is 5.26 Å². The van der Waals surface area contributed by atoms with E-state index in [2.05, 4.69) is 25.1 Å². The van der Waals surface area contributed by atoms with Crippen molar-refractivity contribution >= 4 is 0 Å². The Morgan fingerprint density at radius 1 is 1.37 bits per heavy atom. The SMILES string of the molecule is CC(Cc1ccccc1)C(C#N)OC1CCCCO1. The Morgan fingerprint density at radius 3 is 2.79 bits per heavy atom. The molecule has 1 saturated heterocycles. The van der Waals surface area contributed by atoms with Gasteiger partial charge in [0.1, 0.15) is 6.10 Å². The van der Waals surface area contributed by atoms with Gasteiger partial charge in [-0.15, -0.1) is 0 Å². The molecule has 0 aromatic heterocycles. The highest BCUT2D eigenvalue weighted by Gasteiger charge is 2.24. The van der Waals surface area contributed by atoms with Gasteiger partial charge in [0.15, 0.2) is 6.29 Å². The van der Waals surface area contributed by atoms with Crippen LogP contribution in [0.2, 0.25) is 0 Å². The van der Waals surface area contributed by atoms with Gasteiger partial charge in [0.2, 0.25) is 0 Å². The van der Waals surface area contributed by atoms with Gasteiger partial charge in [0.25, 0.3) is 0 Å². The monoisotopic (exact) mass is 259 g/mol. The van der Waals surface area contributed by atoms with Crippen LogP contribution in [-0.2, 0) is 15.9 Å². The Labute approximate surface area is 115 Å². The highest BCUT2D eigenvalue weighted by molar-refractivity contribution is 5.15. The number of hydrogen-bond acceptors (Lipinski definition) is 3. The van der Waals surface area contributed by atoms with Gasteiger partial charge in [-0.1, -0.05) is 37.3 Å². The van der Waals surface area contributed by atoms with Gasteiger partial charge in [-0.25, -0.2) is 0 Å². The molecule has 3 heteroatoms. The maximum atomic E-state index is 9.27. The zero-order chi connectivity index (χ0) is 13.5. The zero-order valence-corrected chi connectivity index (χ0v) is 11.4. The quantitative estimate of drug-likeness (QED) is 0.814. The maximum Gasteiger partial charge on any atom is 0.159 e. The van der Waals surface area contributed by atoms with Crippen LogP contribution in [0, 0.1) is 17.2 Å². The summed E-state index contributed by atoms with van der Waals surface area (Å²) in [6, 6.07) is 12.5. The molecule has 1 aliphatic rings. The molecule has 102 valence electrons. The van der Waals surface area contributed by atoms with Crippen LogP contribution in [-0.4, -0.2) is 19.0 Å². The molecule has 1 heterocycles. The average molecular weight is 259 g/mol. The van der Waals surface area contributed by atoms with E-state index in [0.717, 1.165) is 32.3 Å². The molecule has 0 aliphatic carbocycles. The molecule has 3 nitrogen and oxygen atoms in total. The van der Waals surface area contributed by atoms with Crippen LogP contribution in [0.1, 0.15) is 31.7 Å². The van der Waals surface area contributed by atoms with Gasteiger partial charge in [-0.05, 0) is 37.2 Å². The van der Waals surface area contributed by atoms with Crippen LogP contribution < -0.4 is 0 Å². The first-order valence-corrected chi connectivity index (χ1v) is 7.00. The number of ether oxygens (including phenoxy) is 2. The normalized spacial score (nSPS) is 22.4. The van der Waals surface area contributed by atoms with Gasteiger partial charge < -0.3 is 9.47 Å². The molecule has 0 saturated carbocycles. The van der Waals surface area contributed by atoms with Crippen LogP contribution in [0.4, 0.5) is 0 Å². The summed E-state index contributed by atoms with van der Waals surface area (Å²) in [7, 11) is 0. The van der Waals surface area contributed by atoms with Gasteiger partial charge in [-0.2, -0.15) is 5.26 Å². The maximum absolute atomic E-state index is 9.27. The summed E-state index contributed by atoms with van der Waals surface area (Å²) in [6.07, 6.45) is 3.37. The van der Waals surface area contributed by atoms with E-state index in [1.807, 2.05) is 18.2 Å².